The molecule has 1 unspecified atom stereocenters. The van der Waals surface area contributed by atoms with Gasteiger partial charge >= 0.3 is 0 Å². The maximum Gasteiger partial charge on any atom is 0.147 e. The fourth-order valence-electron chi connectivity index (χ4n) is 1.95. The highest BCUT2D eigenvalue weighted by atomic mass is 32.1. The molecular formula is C11H16N4OS. The fourth-order valence-corrected chi connectivity index (χ4v) is 2.06. The Morgan fingerprint density at radius 2 is 2.35 bits per heavy atom. The quantitative estimate of drug-likeness (QED) is 0.800. The van der Waals surface area contributed by atoms with Crippen molar-refractivity contribution in [2.75, 3.05) is 25.1 Å². The van der Waals surface area contributed by atoms with Gasteiger partial charge in [0.2, 0.25) is 0 Å². The summed E-state index contributed by atoms with van der Waals surface area (Å²) in [7, 11) is 1.75. The van der Waals surface area contributed by atoms with Gasteiger partial charge < -0.3 is 15.4 Å². The molecule has 1 aromatic heterocycles. The molecule has 17 heavy (non-hydrogen) atoms. The lowest BCUT2D eigenvalue weighted by Crippen LogP contribution is -2.39. The van der Waals surface area contributed by atoms with E-state index in [9.17, 15) is 0 Å². The predicted octanol–water partition coefficient (Wildman–Crippen LogP) is 0.726. The van der Waals surface area contributed by atoms with Gasteiger partial charge in [0.25, 0.3) is 0 Å². The zero-order chi connectivity index (χ0) is 12.3. The van der Waals surface area contributed by atoms with E-state index in [2.05, 4.69) is 14.9 Å². The van der Waals surface area contributed by atoms with Crippen molar-refractivity contribution in [2.45, 2.75) is 18.9 Å². The van der Waals surface area contributed by atoms with Crippen LogP contribution in [0.3, 0.4) is 0 Å². The molecule has 0 bridgehead atoms. The third-order valence-electron chi connectivity index (χ3n) is 2.93. The Labute approximate surface area is 106 Å². The van der Waals surface area contributed by atoms with Gasteiger partial charge in [-0.25, -0.2) is 9.97 Å². The molecule has 0 spiro atoms. The first kappa shape index (κ1) is 12.2. The number of thiocarbonyl (C=S) groups is 1. The number of anilines is 1. The van der Waals surface area contributed by atoms with Crippen LogP contribution < -0.4 is 10.6 Å². The Hall–Kier alpha value is -1.27. The summed E-state index contributed by atoms with van der Waals surface area (Å²) in [6.45, 7) is 1.85. The minimum Gasteiger partial charge on any atom is -0.388 e. The van der Waals surface area contributed by atoms with Crippen LogP contribution in [-0.4, -0.2) is 41.3 Å². The molecule has 0 aromatic carbocycles. The Kier molecular flexibility index (Phi) is 3.86. The van der Waals surface area contributed by atoms with Crippen molar-refractivity contribution in [3.8, 4) is 0 Å². The van der Waals surface area contributed by atoms with E-state index < -0.39 is 0 Å². The van der Waals surface area contributed by atoms with Gasteiger partial charge in [-0.3, -0.25) is 0 Å². The molecule has 2 heterocycles. The summed E-state index contributed by atoms with van der Waals surface area (Å²) in [5, 5.41) is 0. The van der Waals surface area contributed by atoms with Crippen LogP contribution in [0, 0.1) is 0 Å². The van der Waals surface area contributed by atoms with Crippen LogP contribution in [0.2, 0.25) is 0 Å². The van der Waals surface area contributed by atoms with Crippen molar-refractivity contribution in [3.05, 3.63) is 18.1 Å². The van der Waals surface area contributed by atoms with Gasteiger partial charge in [-0.15, -0.1) is 0 Å². The zero-order valence-electron chi connectivity index (χ0n) is 9.80. The first-order valence-corrected chi connectivity index (χ1v) is 6.01. The molecule has 0 amide bonds. The average Bonchev–Trinajstić information content (AvgIpc) is 2.39. The molecule has 92 valence electrons. The fraction of sp³-hybridized carbons (Fsp3) is 0.545. The van der Waals surface area contributed by atoms with Gasteiger partial charge in [0.15, 0.2) is 0 Å². The van der Waals surface area contributed by atoms with Crippen LogP contribution in [0.4, 0.5) is 5.82 Å². The Morgan fingerprint density at radius 1 is 1.53 bits per heavy atom. The summed E-state index contributed by atoms with van der Waals surface area (Å²) in [4.78, 5) is 11.0. The van der Waals surface area contributed by atoms with E-state index in [-0.39, 0.29) is 11.1 Å². The summed E-state index contributed by atoms with van der Waals surface area (Å²) in [6, 6.07) is 0. The van der Waals surface area contributed by atoms with E-state index in [0.717, 1.165) is 31.7 Å². The highest BCUT2D eigenvalue weighted by molar-refractivity contribution is 7.80. The zero-order valence-corrected chi connectivity index (χ0v) is 10.6. The summed E-state index contributed by atoms with van der Waals surface area (Å²) < 4.78 is 5.37. The number of methoxy groups -OCH3 is 1. The molecule has 0 radical (unpaired) electrons. The maximum atomic E-state index is 5.48. The SMILES string of the molecule is COC1CCCN(c2cnc(C(N)=S)cn2)C1. The molecule has 0 saturated carbocycles. The van der Waals surface area contributed by atoms with Gasteiger partial charge in [-0.2, -0.15) is 0 Å². The maximum absolute atomic E-state index is 5.48. The van der Waals surface area contributed by atoms with E-state index in [1.165, 1.54) is 0 Å². The van der Waals surface area contributed by atoms with Crippen LogP contribution in [0.5, 0.6) is 0 Å². The summed E-state index contributed by atoms with van der Waals surface area (Å²) in [5.41, 5.74) is 6.04. The smallest absolute Gasteiger partial charge is 0.147 e. The van der Waals surface area contributed by atoms with Crippen LogP contribution in [0.15, 0.2) is 12.4 Å². The molecular weight excluding hydrogens is 236 g/mol. The number of rotatable bonds is 3. The van der Waals surface area contributed by atoms with E-state index in [4.69, 9.17) is 22.7 Å². The number of aromatic nitrogens is 2. The monoisotopic (exact) mass is 252 g/mol. The first-order chi connectivity index (χ1) is 8.20. The van der Waals surface area contributed by atoms with Gasteiger partial charge in [0, 0.05) is 20.2 Å². The highest BCUT2D eigenvalue weighted by Crippen LogP contribution is 2.18. The molecule has 1 aliphatic heterocycles. The van der Waals surface area contributed by atoms with Crippen LogP contribution in [-0.2, 0) is 4.74 Å². The third kappa shape index (κ3) is 2.89. The number of piperidine rings is 1. The molecule has 2 N–H and O–H groups in total. The predicted molar refractivity (Wildman–Crippen MR) is 70.2 cm³/mol. The van der Waals surface area contributed by atoms with E-state index in [1.54, 1.807) is 19.5 Å². The minimum absolute atomic E-state index is 0.275. The number of nitrogens with zero attached hydrogens (tertiary/aromatic N) is 3. The second-order valence-corrected chi connectivity index (χ2v) is 4.51. The van der Waals surface area contributed by atoms with Crippen molar-refractivity contribution in [1.82, 2.24) is 9.97 Å². The topological polar surface area (TPSA) is 64.3 Å². The Bertz CT molecular complexity index is 395. The van der Waals surface area contributed by atoms with Crippen molar-refractivity contribution in [1.29, 1.82) is 0 Å². The van der Waals surface area contributed by atoms with Crippen molar-refractivity contribution >= 4 is 23.0 Å². The molecule has 1 atom stereocenters. The van der Waals surface area contributed by atoms with Crippen LogP contribution >= 0.6 is 12.2 Å². The summed E-state index contributed by atoms with van der Waals surface area (Å²) >= 11 is 4.84. The Balaban J connectivity index is 2.08. The standard InChI is InChI=1S/C11H16N4OS/c1-16-8-3-2-4-15(7-8)10-6-13-9(5-14-10)11(12)17/h5-6,8H,2-4,7H2,1H3,(H2,12,17). The highest BCUT2D eigenvalue weighted by Gasteiger charge is 2.20. The molecule has 1 fully saturated rings. The van der Waals surface area contributed by atoms with E-state index >= 15 is 0 Å². The molecule has 1 aliphatic rings. The van der Waals surface area contributed by atoms with Crippen LogP contribution in [0.1, 0.15) is 18.5 Å². The number of hydrogen-bond acceptors (Lipinski definition) is 5. The summed E-state index contributed by atoms with van der Waals surface area (Å²) in [6.07, 6.45) is 5.82. The lowest BCUT2D eigenvalue weighted by atomic mass is 10.1. The van der Waals surface area contributed by atoms with Gasteiger partial charge in [-0.1, -0.05) is 12.2 Å². The largest absolute Gasteiger partial charge is 0.388 e. The second-order valence-electron chi connectivity index (χ2n) is 4.07. The molecule has 5 nitrogen and oxygen atoms in total. The lowest BCUT2D eigenvalue weighted by molar-refractivity contribution is 0.0891. The van der Waals surface area contributed by atoms with Gasteiger partial charge in [-0.05, 0) is 12.8 Å². The molecule has 0 aliphatic carbocycles. The second kappa shape index (κ2) is 5.37. The molecule has 2 rings (SSSR count). The van der Waals surface area contributed by atoms with E-state index in [1.807, 2.05) is 0 Å². The molecule has 1 saturated heterocycles. The number of nitrogens with two attached hydrogens (primary N) is 1. The normalized spacial score (nSPS) is 20.3. The van der Waals surface area contributed by atoms with Gasteiger partial charge in [0.1, 0.15) is 16.5 Å². The lowest BCUT2D eigenvalue weighted by Gasteiger charge is -2.32. The van der Waals surface area contributed by atoms with E-state index in [0.29, 0.717) is 5.69 Å². The molecule has 6 heteroatoms. The Morgan fingerprint density at radius 3 is 2.94 bits per heavy atom. The minimum atomic E-state index is 0.275. The number of ether oxygens (including phenoxy) is 1. The third-order valence-corrected chi connectivity index (χ3v) is 3.14. The van der Waals surface area contributed by atoms with Crippen molar-refractivity contribution < 1.29 is 4.74 Å². The van der Waals surface area contributed by atoms with Crippen molar-refractivity contribution in [3.63, 3.8) is 0 Å². The summed E-state index contributed by atoms with van der Waals surface area (Å²) in [5.74, 6) is 0.853. The first-order valence-electron chi connectivity index (χ1n) is 5.60. The average molecular weight is 252 g/mol. The van der Waals surface area contributed by atoms with Crippen molar-refractivity contribution in [2.24, 2.45) is 5.73 Å². The van der Waals surface area contributed by atoms with Crippen LogP contribution in [0.25, 0.3) is 0 Å². The molecule has 1 aromatic rings. The number of hydrogen-bond donors (Lipinski definition) is 1. The van der Waals surface area contributed by atoms with Gasteiger partial charge in [0.05, 0.1) is 18.5 Å².